The molecule has 3 rings (SSSR count). The number of carbonyl (C=O) groups is 1. The van der Waals surface area contributed by atoms with E-state index in [4.69, 9.17) is 9.47 Å². The second-order valence-corrected chi connectivity index (χ2v) is 14.8. The number of aliphatic hydroxyl groups is 1. The molecule has 236 valence electrons. The number of sulfonamides is 2. The first-order valence-electron chi connectivity index (χ1n) is 13.9. The number of rotatable bonds is 8. The van der Waals surface area contributed by atoms with Gasteiger partial charge in [-0.05, 0) is 51.3 Å². The number of hydrogen-bond donors (Lipinski definition) is 2. The summed E-state index contributed by atoms with van der Waals surface area (Å²) < 4.78 is 67.7. The number of aromatic nitrogens is 2. The summed E-state index contributed by atoms with van der Waals surface area (Å²) in [6.07, 6.45) is 5.27. The third-order valence-electron chi connectivity index (χ3n) is 7.26. The summed E-state index contributed by atoms with van der Waals surface area (Å²) in [5.41, 5.74) is 0.268. The van der Waals surface area contributed by atoms with Crippen molar-refractivity contribution in [3.8, 4) is 5.75 Å². The highest BCUT2D eigenvalue weighted by Crippen LogP contribution is 2.29. The molecule has 42 heavy (non-hydrogen) atoms. The zero-order valence-corrected chi connectivity index (χ0v) is 26.7. The van der Waals surface area contributed by atoms with Gasteiger partial charge < -0.3 is 24.0 Å². The molecule has 0 spiro atoms. The van der Waals surface area contributed by atoms with Crippen molar-refractivity contribution in [2.75, 3.05) is 44.3 Å². The van der Waals surface area contributed by atoms with Crippen LogP contribution in [0.25, 0.3) is 0 Å². The predicted molar refractivity (Wildman–Crippen MR) is 158 cm³/mol. The second kappa shape index (κ2) is 14.2. The van der Waals surface area contributed by atoms with Crippen molar-refractivity contribution in [3.63, 3.8) is 0 Å². The Bertz CT molecular complexity index is 1430. The molecule has 15 heteroatoms. The highest BCUT2D eigenvalue weighted by molar-refractivity contribution is 7.92. The average Bonchev–Trinajstić information content (AvgIpc) is 3.36. The third-order valence-corrected chi connectivity index (χ3v) is 9.81. The summed E-state index contributed by atoms with van der Waals surface area (Å²) in [5, 5.41) is 9.89. The molecule has 1 aromatic heterocycles. The van der Waals surface area contributed by atoms with Gasteiger partial charge in [-0.3, -0.25) is 9.52 Å². The molecule has 4 atom stereocenters. The Morgan fingerprint density at radius 2 is 1.93 bits per heavy atom. The minimum Gasteiger partial charge on any atom is -0.490 e. The monoisotopic (exact) mass is 629 g/mol. The van der Waals surface area contributed by atoms with E-state index in [9.17, 15) is 26.7 Å². The van der Waals surface area contributed by atoms with Gasteiger partial charge in [-0.2, -0.15) is 8.42 Å². The molecule has 1 aliphatic heterocycles. The van der Waals surface area contributed by atoms with Gasteiger partial charge in [0.15, 0.2) is 5.03 Å². The Morgan fingerprint density at radius 3 is 2.55 bits per heavy atom. The number of nitrogens with one attached hydrogen (secondary N) is 1. The van der Waals surface area contributed by atoms with Crippen molar-refractivity contribution in [2.24, 2.45) is 13.0 Å². The molecular formula is C27H43N5O8S2. The zero-order valence-electron chi connectivity index (χ0n) is 25.1. The molecule has 0 bridgehead atoms. The lowest BCUT2D eigenvalue weighted by Gasteiger charge is -2.35. The number of fused-ring (bicyclic) bond motifs is 1. The number of benzene rings is 1. The van der Waals surface area contributed by atoms with Crippen LogP contribution in [-0.4, -0.2) is 104 Å². The maximum atomic E-state index is 14.1. The predicted octanol–water partition coefficient (Wildman–Crippen LogP) is 1.91. The van der Waals surface area contributed by atoms with Gasteiger partial charge in [0.05, 0.1) is 43.0 Å². The fourth-order valence-corrected chi connectivity index (χ4v) is 6.02. The summed E-state index contributed by atoms with van der Waals surface area (Å²) in [6.45, 7) is 5.79. The van der Waals surface area contributed by atoms with Crippen LogP contribution in [-0.2, 0) is 31.8 Å². The lowest BCUT2D eigenvalue weighted by atomic mass is 10.0. The number of amides is 1. The van der Waals surface area contributed by atoms with Crippen molar-refractivity contribution in [2.45, 2.75) is 63.3 Å². The van der Waals surface area contributed by atoms with Crippen LogP contribution in [0.3, 0.4) is 0 Å². The van der Waals surface area contributed by atoms with Gasteiger partial charge in [0.1, 0.15) is 5.75 Å². The molecule has 0 fully saturated rings. The minimum absolute atomic E-state index is 0.102. The molecule has 1 amide bonds. The second-order valence-electron chi connectivity index (χ2n) is 11.0. The first-order chi connectivity index (χ1) is 19.6. The molecule has 2 heterocycles. The Hall–Kier alpha value is -2.72. The number of likely N-dealkylation sites (N-methyl/N-ethyl adjacent to an activating group) is 1. The first kappa shape index (κ1) is 33.8. The Balaban J connectivity index is 2.02. The molecule has 1 aromatic carbocycles. The van der Waals surface area contributed by atoms with Crippen LogP contribution >= 0.6 is 0 Å². The van der Waals surface area contributed by atoms with Gasteiger partial charge in [0.2, 0.25) is 10.0 Å². The maximum Gasteiger partial charge on any atom is 0.280 e. The molecule has 2 aromatic rings. The minimum atomic E-state index is -4.03. The quantitative estimate of drug-likeness (QED) is 0.445. The summed E-state index contributed by atoms with van der Waals surface area (Å²) >= 11 is 0. The first-order valence-corrected chi connectivity index (χ1v) is 17.2. The van der Waals surface area contributed by atoms with E-state index in [2.05, 4.69) is 9.71 Å². The number of imidazole rings is 1. The molecule has 0 radical (unpaired) electrons. The van der Waals surface area contributed by atoms with Gasteiger partial charge in [0.25, 0.3) is 15.9 Å². The average molecular weight is 630 g/mol. The van der Waals surface area contributed by atoms with E-state index in [1.54, 1.807) is 20.0 Å². The summed E-state index contributed by atoms with van der Waals surface area (Å²) in [4.78, 5) is 19.5. The lowest BCUT2D eigenvalue weighted by molar-refractivity contribution is -0.00828. The van der Waals surface area contributed by atoms with Crippen LogP contribution in [0.1, 0.15) is 50.4 Å². The van der Waals surface area contributed by atoms with Crippen LogP contribution < -0.4 is 9.46 Å². The van der Waals surface area contributed by atoms with E-state index in [1.807, 2.05) is 13.8 Å². The Morgan fingerprint density at radius 1 is 1.21 bits per heavy atom. The molecule has 0 saturated carbocycles. The van der Waals surface area contributed by atoms with Crippen LogP contribution in [0.5, 0.6) is 5.75 Å². The molecular weight excluding hydrogens is 586 g/mol. The molecule has 0 unspecified atom stereocenters. The summed E-state index contributed by atoms with van der Waals surface area (Å²) in [5.74, 6) is -0.501. The highest BCUT2D eigenvalue weighted by Gasteiger charge is 2.31. The SMILES string of the molecule is C[C@@H]1CCCCO[C@H](CN(C)S(C)(=O)=O)[C@H](C)CN([C@@H](C)CO)C(=O)c2cc(NS(=O)(=O)c3cn(C)cn3)ccc2O1. The van der Waals surface area contributed by atoms with Gasteiger partial charge in [-0.15, -0.1) is 0 Å². The van der Waals surface area contributed by atoms with E-state index >= 15 is 0 Å². The number of hydrogen-bond acceptors (Lipinski definition) is 9. The lowest BCUT2D eigenvalue weighted by Crippen LogP contribution is -2.47. The van der Waals surface area contributed by atoms with Gasteiger partial charge in [-0.1, -0.05) is 6.92 Å². The molecule has 2 N–H and O–H groups in total. The van der Waals surface area contributed by atoms with Crippen molar-refractivity contribution in [3.05, 3.63) is 36.3 Å². The van der Waals surface area contributed by atoms with Crippen LogP contribution in [0.15, 0.2) is 35.7 Å². The van der Waals surface area contributed by atoms with Crippen molar-refractivity contribution in [1.29, 1.82) is 0 Å². The van der Waals surface area contributed by atoms with Crippen LogP contribution in [0, 0.1) is 5.92 Å². The number of nitrogens with zero attached hydrogens (tertiary/aromatic N) is 4. The number of ether oxygens (including phenoxy) is 2. The Kier molecular flexibility index (Phi) is 11.4. The molecule has 0 aliphatic carbocycles. The summed E-state index contributed by atoms with van der Waals surface area (Å²) in [7, 11) is -4.35. The van der Waals surface area contributed by atoms with Crippen LogP contribution in [0.4, 0.5) is 5.69 Å². The molecule has 0 saturated heterocycles. The maximum absolute atomic E-state index is 14.1. The zero-order chi connectivity index (χ0) is 31.2. The van der Waals surface area contributed by atoms with Gasteiger partial charge >= 0.3 is 0 Å². The highest BCUT2D eigenvalue weighted by atomic mass is 32.2. The van der Waals surface area contributed by atoms with Crippen molar-refractivity contribution >= 4 is 31.6 Å². The van der Waals surface area contributed by atoms with Gasteiger partial charge in [-0.25, -0.2) is 17.7 Å². The fourth-order valence-electron chi connectivity index (χ4n) is 4.57. The van der Waals surface area contributed by atoms with E-state index in [0.29, 0.717) is 13.0 Å². The standard InChI is InChI=1S/C27H43N5O8S2/c1-19-14-32(20(2)17-33)27(34)23-13-22(29-42(37,38)26-16-30(4)18-28-26)10-11-24(23)40-21(3)9-7-8-12-39-25(19)15-31(5)41(6,35)36/h10-11,13,16,18-21,25,29,33H,7-9,12,14-15,17H2,1-6H3/t19-,20+,21-,25-/m1/s1. The van der Waals surface area contributed by atoms with Gasteiger partial charge in [0, 0.05) is 51.6 Å². The normalized spacial score (nSPS) is 22.2. The number of anilines is 1. The molecule has 13 nitrogen and oxygen atoms in total. The van der Waals surface area contributed by atoms with E-state index in [0.717, 1.165) is 19.1 Å². The van der Waals surface area contributed by atoms with Crippen molar-refractivity contribution < 1.29 is 36.2 Å². The Labute approximate surface area is 248 Å². The topological polar surface area (TPSA) is 160 Å². The van der Waals surface area contributed by atoms with E-state index in [1.165, 1.54) is 45.5 Å². The van der Waals surface area contributed by atoms with Crippen LogP contribution in [0.2, 0.25) is 0 Å². The fraction of sp³-hybridized carbons (Fsp3) is 0.630. The number of aryl methyl sites for hydroxylation is 1. The number of carbonyl (C=O) groups excluding carboxylic acids is 1. The van der Waals surface area contributed by atoms with E-state index in [-0.39, 0.29) is 53.7 Å². The van der Waals surface area contributed by atoms with E-state index < -0.39 is 38.1 Å². The number of aliphatic hydroxyl groups excluding tert-OH is 1. The van der Waals surface area contributed by atoms with Crippen molar-refractivity contribution in [1.82, 2.24) is 18.8 Å². The smallest absolute Gasteiger partial charge is 0.280 e. The largest absolute Gasteiger partial charge is 0.490 e. The molecule has 1 aliphatic rings. The summed E-state index contributed by atoms with van der Waals surface area (Å²) in [6, 6.07) is 3.89. The third kappa shape index (κ3) is 8.89.